The van der Waals surface area contributed by atoms with Crippen LogP contribution in [0.25, 0.3) is 0 Å². The number of ether oxygens (including phenoxy) is 2. The molecule has 3 rings (SSSR count). The van der Waals surface area contributed by atoms with Crippen molar-refractivity contribution in [3.63, 3.8) is 0 Å². The zero-order valence-corrected chi connectivity index (χ0v) is 13.8. The standard InChI is InChI=1S/C18H28N2O2/c1-20-10-6-15(7-11-20)22-16-5-4-14(12-17(16)21-2)18(13-19)8-3-9-18/h4-5,12,15H,3,6-11,13,19H2,1-2H3. The Morgan fingerprint density at radius 1 is 1.23 bits per heavy atom. The number of nitrogens with zero attached hydrogens (tertiary/aromatic N) is 1. The van der Waals surface area contributed by atoms with Crippen molar-refractivity contribution in [2.45, 2.75) is 43.6 Å². The molecule has 1 saturated carbocycles. The smallest absolute Gasteiger partial charge is 0.161 e. The Balaban J connectivity index is 1.75. The van der Waals surface area contributed by atoms with E-state index in [-0.39, 0.29) is 5.41 Å². The van der Waals surface area contributed by atoms with Crippen LogP contribution in [0.3, 0.4) is 0 Å². The van der Waals surface area contributed by atoms with E-state index in [0.29, 0.717) is 12.6 Å². The van der Waals surface area contributed by atoms with Gasteiger partial charge in [-0.3, -0.25) is 0 Å². The van der Waals surface area contributed by atoms with Crippen molar-refractivity contribution in [1.82, 2.24) is 4.90 Å². The van der Waals surface area contributed by atoms with Crippen LogP contribution in [0, 0.1) is 0 Å². The fraction of sp³-hybridized carbons (Fsp3) is 0.667. The van der Waals surface area contributed by atoms with Crippen LogP contribution >= 0.6 is 0 Å². The highest BCUT2D eigenvalue weighted by molar-refractivity contribution is 5.46. The summed E-state index contributed by atoms with van der Waals surface area (Å²) >= 11 is 0. The highest BCUT2D eigenvalue weighted by Gasteiger charge is 2.37. The Kier molecular flexibility index (Phi) is 4.59. The molecule has 0 bridgehead atoms. The van der Waals surface area contributed by atoms with Crippen LogP contribution in [-0.2, 0) is 5.41 Å². The average Bonchev–Trinajstić information content (AvgIpc) is 2.50. The molecule has 1 aromatic carbocycles. The molecule has 2 N–H and O–H groups in total. The van der Waals surface area contributed by atoms with Crippen molar-refractivity contribution >= 4 is 0 Å². The molecule has 122 valence electrons. The topological polar surface area (TPSA) is 47.7 Å². The van der Waals surface area contributed by atoms with Crippen molar-refractivity contribution in [2.75, 3.05) is 33.8 Å². The maximum absolute atomic E-state index is 6.20. The van der Waals surface area contributed by atoms with Gasteiger partial charge in [-0.15, -0.1) is 0 Å². The van der Waals surface area contributed by atoms with Crippen molar-refractivity contribution in [3.05, 3.63) is 23.8 Å². The number of methoxy groups -OCH3 is 1. The third-order valence-electron chi connectivity index (χ3n) is 5.44. The lowest BCUT2D eigenvalue weighted by Crippen LogP contribution is -2.41. The van der Waals surface area contributed by atoms with E-state index in [1.165, 1.54) is 24.8 Å². The van der Waals surface area contributed by atoms with Gasteiger partial charge in [0.2, 0.25) is 0 Å². The van der Waals surface area contributed by atoms with Gasteiger partial charge in [-0.25, -0.2) is 0 Å². The minimum atomic E-state index is 0.166. The minimum Gasteiger partial charge on any atom is -0.493 e. The van der Waals surface area contributed by atoms with Crippen molar-refractivity contribution < 1.29 is 9.47 Å². The number of benzene rings is 1. The molecule has 1 aromatic rings. The molecule has 2 aliphatic rings. The first-order chi connectivity index (χ1) is 10.7. The van der Waals surface area contributed by atoms with Gasteiger partial charge in [0.1, 0.15) is 6.10 Å². The molecule has 0 amide bonds. The Labute approximate surface area is 133 Å². The number of likely N-dealkylation sites (tertiary alicyclic amines) is 1. The molecule has 1 heterocycles. The van der Waals surface area contributed by atoms with E-state index in [4.69, 9.17) is 15.2 Å². The lowest BCUT2D eigenvalue weighted by atomic mass is 9.64. The van der Waals surface area contributed by atoms with Crippen LogP contribution in [0.15, 0.2) is 18.2 Å². The van der Waals surface area contributed by atoms with Crippen LogP contribution in [0.5, 0.6) is 11.5 Å². The van der Waals surface area contributed by atoms with Crippen molar-refractivity contribution in [3.8, 4) is 11.5 Å². The summed E-state index contributed by atoms with van der Waals surface area (Å²) in [5.41, 5.74) is 7.48. The molecule has 1 aliphatic carbocycles. The summed E-state index contributed by atoms with van der Waals surface area (Å²) in [7, 11) is 3.88. The number of rotatable bonds is 5. The number of hydrogen-bond donors (Lipinski definition) is 1. The van der Waals surface area contributed by atoms with Gasteiger partial charge in [0, 0.05) is 25.0 Å². The summed E-state index contributed by atoms with van der Waals surface area (Å²) in [6.07, 6.45) is 6.09. The fourth-order valence-corrected chi connectivity index (χ4v) is 3.59. The monoisotopic (exact) mass is 304 g/mol. The first-order valence-corrected chi connectivity index (χ1v) is 8.41. The Morgan fingerprint density at radius 3 is 2.50 bits per heavy atom. The van der Waals surface area contributed by atoms with E-state index in [1.54, 1.807) is 7.11 Å². The lowest BCUT2D eigenvalue weighted by molar-refractivity contribution is 0.111. The van der Waals surface area contributed by atoms with Gasteiger partial charge < -0.3 is 20.1 Å². The molecule has 1 aliphatic heterocycles. The molecule has 0 radical (unpaired) electrons. The third-order valence-corrected chi connectivity index (χ3v) is 5.44. The summed E-state index contributed by atoms with van der Waals surface area (Å²) < 4.78 is 11.8. The van der Waals surface area contributed by atoms with Gasteiger partial charge in [0.15, 0.2) is 11.5 Å². The van der Waals surface area contributed by atoms with E-state index >= 15 is 0 Å². The Hall–Kier alpha value is -1.26. The second kappa shape index (κ2) is 6.47. The van der Waals surface area contributed by atoms with E-state index < -0.39 is 0 Å². The lowest BCUT2D eigenvalue weighted by Gasteiger charge is -2.41. The summed E-state index contributed by atoms with van der Waals surface area (Å²) in [5, 5.41) is 0. The highest BCUT2D eigenvalue weighted by Crippen LogP contribution is 2.45. The first kappa shape index (κ1) is 15.6. The maximum atomic E-state index is 6.20. The van der Waals surface area contributed by atoms with Gasteiger partial charge in [-0.2, -0.15) is 0 Å². The summed E-state index contributed by atoms with van der Waals surface area (Å²) in [4.78, 5) is 2.35. The Morgan fingerprint density at radius 2 is 1.95 bits per heavy atom. The Bertz CT molecular complexity index is 500. The molecule has 4 nitrogen and oxygen atoms in total. The van der Waals surface area contributed by atoms with Gasteiger partial charge in [0.25, 0.3) is 0 Å². The second-order valence-corrected chi connectivity index (χ2v) is 6.82. The highest BCUT2D eigenvalue weighted by atomic mass is 16.5. The van der Waals surface area contributed by atoms with E-state index in [1.807, 2.05) is 0 Å². The summed E-state index contributed by atoms with van der Waals surface area (Å²) in [6, 6.07) is 6.39. The second-order valence-electron chi connectivity index (χ2n) is 6.82. The molecular formula is C18H28N2O2. The number of nitrogens with two attached hydrogens (primary N) is 1. The molecule has 22 heavy (non-hydrogen) atoms. The molecule has 0 aromatic heterocycles. The van der Waals surface area contributed by atoms with E-state index in [2.05, 4.69) is 30.1 Å². The van der Waals surface area contributed by atoms with Gasteiger partial charge in [0.05, 0.1) is 7.11 Å². The molecule has 0 unspecified atom stereocenters. The molecule has 4 heteroatoms. The number of piperidine rings is 1. The minimum absolute atomic E-state index is 0.166. The predicted octanol–water partition coefficient (Wildman–Crippen LogP) is 2.55. The maximum Gasteiger partial charge on any atom is 0.161 e. The normalized spacial score (nSPS) is 22.1. The number of hydrogen-bond acceptors (Lipinski definition) is 4. The van der Waals surface area contributed by atoms with Gasteiger partial charge in [-0.05, 0) is 50.4 Å². The molecule has 0 spiro atoms. The zero-order valence-electron chi connectivity index (χ0n) is 13.8. The summed E-state index contributed by atoms with van der Waals surface area (Å²) in [6.45, 7) is 2.91. The van der Waals surface area contributed by atoms with Crippen LogP contribution in [0.4, 0.5) is 0 Å². The SMILES string of the molecule is COc1cc(C2(CN)CCC2)ccc1OC1CCN(C)CC1. The molecule has 0 atom stereocenters. The first-order valence-electron chi connectivity index (χ1n) is 8.41. The van der Waals surface area contributed by atoms with E-state index in [0.717, 1.165) is 37.4 Å². The van der Waals surface area contributed by atoms with Gasteiger partial charge >= 0.3 is 0 Å². The molecule has 1 saturated heterocycles. The molecular weight excluding hydrogens is 276 g/mol. The van der Waals surface area contributed by atoms with E-state index in [9.17, 15) is 0 Å². The van der Waals surface area contributed by atoms with Crippen LogP contribution < -0.4 is 15.2 Å². The fourth-order valence-electron chi connectivity index (χ4n) is 3.59. The predicted molar refractivity (Wildman–Crippen MR) is 88.7 cm³/mol. The summed E-state index contributed by atoms with van der Waals surface area (Å²) in [5.74, 6) is 1.71. The van der Waals surface area contributed by atoms with Crippen LogP contribution in [-0.4, -0.2) is 44.8 Å². The zero-order chi connectivity index (χ0) is 15.6. The van der Waals surface area contributed by atoms with Gasteiger partial charge in [-0.1, -0.05) is 12.5 Å². The molecule has 2 fully saturated rings. The van der Waals surface area contributed by atoms with Crippen LogP contribution in [0.2, 0.25) is 0 Å². The van der Waals surface area contributed by atoms with Crippen molar-refractivity contribution in [2.24, 2.45) is 5.73 Å². The van der Waals surface area contributed by atoms with Crippen LogP contribution in [0.1, 0.15) is 37.7 Å². The quantitative estimate of drug-likeness (QED) is 0.908. The largest absolute Gasteiger partial charge is 0.493 e. The average molecular weight is 304 g/mol. The van der Waals surface area contributed by atoms with Crippen molar-refractivity contribution in [1.29, 1.82) is 0 Å². The third kappa shape index (κ3) is 2.95.